The number of aromatic nitrogens is 1. The first-order valence-electron chi connectivity index (χ1n) is 6.13. The molecule has 1 aliphatic rings. The van der Waals surface area contributed by atoms with Crippen LogP contribution in [0.1, 0.15) is 22.5 Å². The smallest absolute Gasteiger partial charge is 0.337 e. The molecule has 1 aromatic heterocycles. The predicted molar refractivity (Wildman–Crippen MR) is 68.6 cm³/mol. The van der Waals surface area contributed by atoms with Crippen molar-refractivity contribution in [3.63, 3.8) is 0 Å². The summed E-state index contributed by atoms with van der Waals surface area (Å²) >= 11 is 0. The van der Waals surface area contributed by atoms with Gasteiger partial charge in [-0.1, -0.05) is 0 Å². The van der Waals surface area contributed by atoms with Crippen LogP contribution >= 0.6 is 0 Å². The van der Waals surface area contributed by atoms with E-state index in [2.05, 4.69) is 28.9 Å². The maximum absolute atomic E-state index is 10.7. The largest absolute Gasteiger partial charge is 0.478 e. The maximum Gasteiger partial charge on any atom is 0.337 e. The lowest BCUT2D eigenvalue weighted by Gasteiger charge is -2.20. The highest BCUT2D eigenvalue weighted by atomic mass is 16.4. The maximum atomic E-state index is 10.7. The summed E-state index contributed by atoms with van der Waals surface area (Å²) < 4.78 is 0. The lowest BCUT2D eigenvalue weighted by molar-refractivity contribution is 0.0696. The molecule has 5 heteroatoms. The highest BCUT2D eigenvalue weighted by Gasteiger charge is 2.23. The van der Waals surface area contributed by atoms with Gasteiger partial charge in [0.1, 0.15) is 0 Å². The topological polar surface area (TPSA) is 56.7 Å². The van der Waals surface area contributed by atoms with E-state index in [4.69, 9.17) is 5.11 Å². The minimum Gasteiger partial charge on any atom is -0.478 e. The molecule has 1 aliphatic heterocycles. The second-order valence-corrected chi connectivity index (χ2v) is 4.98. The zero-order valence-electron chi connectivity index (χ0n) is 10.8. The molecular formula is C13H19N3O2. The summed E-state index contributed by atoms with van der Waals surface area (Å²) in [6.45, 7) is 2.92. The number of pyridine rings is 1. The van der Waals surface area contributed by atoms with Crippen molar-refractivity contribution in [3.05, 3.63) is 29.6 Å². The van der Waals surface area contributed by atoms with Gasteiger partial charge in [-0.3, -0.25) is 9.88 Å². The van der Waals surface area contributed by atoms with E-state index >= 15 is 0 Å². The Labute approximate surface area is 107 Å². The molecule has 0 spiro atoms. The van der Waals surface area contributed by atoms with Crippen LogP contribution in [0, 0.1) is 0 Å². The van der Waals surface area contributed by atoms with E-state index < -0.39 is 5.97 Å². The second kappa shape index (κ2) is 5.46. The number of aromatic carboxylic acids is 1. The molecule has 0 aliphatic carbocycles. The molecule has 0 aromatic carbocycles. The van der Waals surface area contributed by atoms with Gasteiger partial charge in [-0.2, -0.15) is 0 Å². The van der Waals surface area contributed by atoms with Crippen LogP contribution in [0.25, 0.3) is 0 Å². The van der Waals surface area contributed by atoms with Crippen molar-refractivity contribution in [3.8, 4) is 0 Å². The molecule has 1 unspecified atom stereocenters. The van der Waals surface area contributed by atoms with E-state index in [0.29, 0.717) is 6.04 Å². The summed E-state index contributed by atoms with van der Waals surface area (Å²) in [5.41, 5.74) is 1.17. The van der Waals surface area contributed by atoms with Crippen LogP contribution in [-0.2, 0) is 6.54 Å². The Balaban J connectivity index is 1.92. The Morgan fingerprint density at radius 3 is 2.83 bits per heavy atom. The van der Waals surface area contributed by atoms with Crippen LogP contribution in [0.3, 0.4) is 0 Å². The zero-order chi connectivity index (χ0) is 13.1. The lowest BCUT2D eigenvalue weighted by Crippen LogP contribution is -2.31. The molecule has 98 valence electrons. The Hall–Kier alpha value is -1.46. The summed E-state index contributed by atoms with van der Waals surface area (Å²) in [5, 5.41) is 8.80. The van der Waals surface area contributed by atoms with Crippen LogP contribution in [0.5, 0.6) is 0 Å². The van der Waals surface area contributed by atoms with Crippen LogP contribution in [-0.4, -0.2) is 59.1 Å². The molecule has 0 saturated carbocycles. The van der Waals surface area contributed by atoms with Crippen molar-refractivity contribution in [2.45, 2.75) is 19.0 Å². The van der Waals surface area contributed by atoms with Crippen LogP contribution in [0.4, 0.5) is 0 Å². The normalized spacial score (nSPS) is 20.5. The fraction of sp³-hybridized carbons (Fsp3) is 0.538. The number of carboxylic acids is 1. The number of hydrogen-bond donors (Lipinski definition) is 1. The lowest BCUT2D eigenvalue weighted by atomic mass is 10.2. The van der Waals surface area contributed by atoms with Crippen LogP contribution in [0.2, 0.25) is 0 Å². The molecule has 1 fully saturated rings. The summed E-state index contributed by atoms with van der Waals surface area (Å²) in [7, 11) is 4.21. The summed E-state index contributed by atoms with van der Waals surface area (Å²) in [4.78, 5) is 19.5. The quantitative estimate of drug-likeness (QED) is 0.859. The second-order valence-electron chi connectivity index (χ2n) is 4.98. The van der Waals surface area contributed by atoms with E-state index in [1.54, 1.807) is 12.1 Å². The molecule has 0 amide bonds. The van der Waals surface area contributed by atoms with Crippen molar-refractivity contribution < 1.29 is 9.90 Å². The van der Waals surface area contributed by atoms with E-state index in [9.17, 15) is 4.79 Å². The monoisotopic (exact) mass is 249 g/mol. The molecule has 2 rings (SSSR count). The number of carbonyl (C=O) groups is 1. The third-order valence-electron chi connectivity index (χ3n) is 3.44. The Morgan fingerprint density at radius 2 is 2.33 bits per heavy atom. The van der Waals surface area contributed by atoms with Crippen molar-refractivity contribution >= 4 is 5.97 Å². The number of nitrogens with zero attached hydrogens (tertiary/aromatic N) is 3. The summed E-state index contributed by atoms with van der Waals surface area (Å²) in [5.74, 6) is -0.928. The molecular weight excluding hydrogens is 230 g/mol. The average Bonchev–Trinajstić information content (AvgIpc) is 2.78. The minimum atomic E-state index is -0.928. The van der Waals surface area contributed by atoms with Crippen molar-refractivity contribution in [1.29, 1.82) is 0 Å². The standard InChI is InChI=1S/C13H19N3O2/c1-15(2)12-5-6-16(9-12)8-11-4-3-10(7-14-11)13(17)18/h3-4,7,12H,5-6,8-9H2,1-2H3,(H,17,18). The van der Waals surface area contributed by atoms with Gasteiger partial charge in [-0.25, -0.2) is 4.79 Å². The van der Waals surface area contributed by atoms with E-state index in [1.165, 1.54) is 12.6 Å². The summed E-state index contributed by atoms with van der Waals surface area (Å²) in [6, 6.07) is 4.03. The molecule has 5 nitrogen and oxygen atoms in total. The van der Waals surface area contributed by atoms with Gasteiger partial charge in [0, 0.05) is 31.9 Å². The first-order chi connectivity index (χ1) is 8.56. The van der Waals surface area contributed by atoms with Gasteiger partial charge < -0.3 is 10.0 Å². The first kappa shape index (κ1) is 13.0. The number of rotatable bonds is 4. The molecule has 18 heavy (non-hydrogen) atoms. The third kappa shape index (κ3) is 3.05. The molecule has 0 bridgehead atoms. The van der Waals surface area contributed by atoms with Gasteiger partial charge in [-0.15, -0.1) is 0 Å². The van der Waals surface area contributed by atoms with Gasteiger partial charge in [0.15, 0.2) is 0 Å². The number of hydrogen-bond acceptors (Lipinski definition) is 4. The molecule has 2 heterocycles. The van der Waals surface area contributed by atoms with Crippen molar-refractivity contribution in [2.24, 2.45) is 0 Å². The van der Waals surface area contributed by atoms with Gasteiger partial charge in [0.05, 0.1) is 11.3 Å². The SMILES string of the molecule is CN(C)C1CCN(Cc2ccc(C(=O)O)cn2)C1. The predicted octanol–water partition coefficient (Wildman–Crippen LogP) is 0.916. The van der Waals surface area contributed by atoms with Gasteiger partial charge in [-0.05, 0) is 32.6 Å². The van der Waals surface area contributed by atoms with E-state index in [1.807, 2.05) is 0 Å². The molecule has 1 aromatic rings. The molecule has 0 radical (unpaired) electrons. The van der Waals surface area contributed by atoms with E-state index in [-0.39, 0.29) is 5.56 Å². The fourth-order valence-corrected chi connectivity index (χ4v) is 2.25. The van der Waals surface area contributed by atoms with E-state index in [0.717, 1.165) is 25.3 Å². The van der Waals surface area contributed by atoms with Crippen LogP contribution < -0.4 is 0 Å². The summed E-state index contributed by atoms with van der Waals surface area (Å²) in [6.07, 6.45) is 2.61. The van der Waals surface area contributed by atoms with Crippen molar-refractivity contribution in [1.82, 2.24) is 14.8 Å². The Kier molecular flexibility index (Phi) is 3.93. The third-order valence-corrected chi connectivity index (χ3v) is 3.44. The highest BCUT2D eigenvalue weighted by molar-refractivity contribution is 5.87. The molecule has 1 saturated heterocycles. The van der Waals surface area contributed by atoms with Crippen molar-refractivity contribution in [2.75, 3.05) is 27.2 Å². The molecule has 1 N–H and O–H groups in total. The number of likely N-dealkylation sites (N-methyl/N-ethyl adjacent to an activating group) is 1. The minimum absolute atomic E-state index is 0.242. The highest BCUT2D eigenvalue weighted by Crippen LogP contribution is 2.15. The number of likely N-dealkylation sites (tertiary alicyclic amines) is 1. The number of carboxylic acid groups (broad SMARTS) is 1. The van der Waals surface area contributed by atoms with Gasteiger partial charge >= 0.3 is 5.97 Å². The van der Waals surface area contributed by atoms with Crippen LogP contribution in [0.15, 0.2) is 18.3 Å². The van der Waals surface area contributed by atoms with Gasteiger partial charge in [0.25, 0.3) is 0 Å². The Bertz CT molecular complexity index is 417. The fourth-order valence-electron chi connectivity index (χ4n) is 2.25. The Morgan fingerprint density at radius 1 is 1.56 bits per heavy atom. The molecule has 1 atom stereocenters. The zero-order valence-corrected chi connectivity index (χ0v) is 10.8. The van der Waals surface area contributed by atoms with Gasteiger partial charge in [0.2, 0.25) is 0 Å². The first-order valence-corrected chi connectivity index (χ1v) is 6.13. The average molecular weight is 249 g/mol.